The van der Waals surface area contributed by atoms with Gasteiger partial charge in [0, 0.05) is 6.04 Å². The first-order valence-electron chi connectivity index (χ1n) is 6.46. The highest BCUT2D eigenvalue weighted by Crippen LogP contribution is 2.04. The van der Waals surface area contributed by atoms with Crippen LogP contribution >= 0.6 is 0 Å². The molecule has 0 aliphatic rings. The quantitative estimate of drug-likeness (QED) is 0.423. The summed E-state index contributed by atoms with van der Waals surface area (Å²) < 4.78 is 5.02. The second-order valence-corrected chi connectivity index (χ2v) is 4.50. The van der Waals surface area contributed by atoms with Gasteiger partial charge in [-0.25, -0.2) is 0 Å². The van der Waals surface area contributed by atoms with Gasteiger partial charge in [0.2, 0.25) is 0 Å². The number of methoxy groups -OCH3 is 1. The Balaban J connectivity index is 4.62. The summed E-state index contributed by atoms with van der Waals surface area (Å²) in [6.45, 7) is 7.67. The van der Waals surface area contributed by atoms with Gasteiger partial charge in [0.25, 0.3) is 5.91 Å². The molecule has 108 valence electrons. The van der Waals surface area contributed by atoms with Crippen molar-refractivity contribution in [3.63, 3.8) is 0 Å². The Hall–Kier alpha value is -1.55. The van der Waals surface area contributed by atoms with Crippen LogP contribution < -0.4 is 5.32 Å². The predicted octanol–water partition coefficient (Wildman–Crippen LogP) is 2.32. The number of allylic oxidation sites excluding steroid dienone is 3. The summed E-state index contributed by atoms with van der Waals surface area (Å²) in [5, 5.41) is 11.8. The van der Waals surface area contributed by atoms with E-state index in [0.29, 0.717) is 5.76 Å². The van der Waals surface area contributed by atoms with Crippen LogP contribution in [0.1, 0.15) is 34.1 Å². The Bertz CT molecular complexity index is 381. The topological polar surface area (TPSA) is 58.6 Å². The molecule has 0 unspecified atom stereocenters. The maximum absolute atomic E-state index is 11.8. The van der Waals surface area contributed by atoms with Gasteiger partial charge < -0.3 is 15.2 Å². The first kappa shape index (κ1) is 17.4. The molecule has 0 aromatic heterocycles. The van der Waals surface area contributed by atoms with E-state index < -0.39 is 0 Å². The number of carbonyl (C=O) groups is 1. The normalized spacial score (nSPS) is 15.2. The summed E-state index contributed by atoms with van der Waals surface area (Å²) >= 11 is 0. The van der Waals surface area contributed by atoms with E-state index in [2.05, 4.69) is 5.32 Å². The van der Waals surface area contributed by atoms with Crippen LogP contribution in [-0.2, 0) is 9.53 Å². The predicted molar refractivity (Wildman–Crippen MR) is 77.6 cm³/mol. The average Bonchev–Trinajstić information content (AvgIpc) is 2.34. The summed E-state index contributed by atoms with van der Waals surface area (Å²) in [4.78, 5) is 11.8. The fourth-order valence-electron chi connectivity index (χ4n) is 1.65. The molecule has 0 saturated carbocycles. The smallest absolute Gasteiger partial charge is 0.286 e. The van der Waals surface area contributed by atoms with Gasteiger partial charge in [0.15, 0.2) is 5.76 Å². The molecule has 0 heterocycles. The van der Waals surface area contributed by atoms with Crippen molar-refractivity contribution in [3.8, 4) is 0 Å². The first-order valence-corrected chi connectivity index (χ1v) is 6.46. The highest BCUT2D eigenvalue weighted by molar-refractivity contribution is 5.91. The molecule has 0 aliphatic heterocycles. The van der Waals surface area contributed by atoms with Crippen molar-refractivity contribution in [2.75, 3.05) is 13.7 Å². The molecule has 19 heavy (non-hydrogen) atoms. The molecule has 2 N–H and O–H groups in total. The van der Waals surface area contributed by atoms with Crippen LogP contribution in [-0.4, -0.2) is 30.8 Å². The molecule has 1 atom stereocenters. The molecule has 0 fully saturated rings. The molecule has 4 heteroatoms. The fraction of sp³-hybridized carbons (Fsp3) is 0.533. The van der Waals surface area contributed by atoms with Crippen molar-refractivity contribution in [3.05, 3.63) is 35.1 Å². The molecular formula is C15H25NO3. The summed E-state index contributed by atoms with van der Waals surface area (Å²) in [6.07, 6.45) is 6.31. The molecule has 0 saturated heterocycles. The maximum atomic E-state index is 11.8. The van der Waals surface area contributed by atoms with Crippen molar-refractivity contribution in [1.82, 2.24) is 5.32 Å². The van der Waals surface area contributed by atoms with Gasteiger partial charge in [0.05, 0.1) is 13.7 Å². The molecule has 4 nitrogen and oxygen atoms in total. The van der Waals surface area contributed by atoms with Gasteiger partial charge in [-0.05, 0) is 38.8 Å². The number of carbonyl (C=O) groups excluding carboxylic acids is 1. The number of rotatable bonds is 7. The third kappa shape index (κ3) is 7.47. The molecule has 0 aromatic carbocycles. The zero-order valence-electron chi connectivity index (χ0n) is 12.5. The lowest BCUT2D eigenvalue weighted by molar-refractivity contribution is -0.120. The second kappa shape index (κ2) is 9.39. The molecule has 0 rings (SSSR count). The van der Waals surface area contributed by atoms with Crippen molar-refractivity contribution in [2.24, 2.45) is 0 Å². The lowest BCUT2D eigenvalue weighted by Crippen LogP contribution is -2.32. The van der Waals surface area contributed by atoms with Gasteiger partial charge in [-0.15, -0.1) is 0 Å². The van der Waals surface area contributed by atoms with Crippen LogP contribution in [0, 0.1) is 0 Å². The SMILES string of the molecule is CC/C=C(\OC)C(=O)N[C@@H](C)/C=C(C)/C=C(\C)CO. The van der Waals surface area contributed by atoms with Crippen molar-refractivity contribution < 1.29 is 14.6 Å². The van der Waals surface area contributed by atoms with Crippen LogP contribution in [0.3, 0.4) is 0 Å². The van der Waals surface area contributed by atoms with Crippen LogP contribution in [0.4, 0.5) is 0 Å². The van der Waals surface area contributed by atoms with Crippen molar-refractivity contribution in [2.45, 2.75) is 40.2 Å². The molecular weight excluding hydrogens is 242 g/mol. The van der Waals surface area contributed by atoms with E-state index in [-0.39, 0.29) is 18.6 Å². The third-order valence-corrected chi connectivity index (χ3v) is 2.43. The Morgan fingerprint density at radius 1 is 1.42 bits per heavy atom. The number of aliphatic hydroxyl groups excluding tert-OH is 1. The molecule has 0 spiro atoms. The maximum Gasteiger partial charge on any atom is 0.286 e. The Labute approximate surface area is 115 Å². The number of hydrogen-bond donors (Lipinski definition) is 2. The van der Waals surface area contributed by atoms with Crippen LogP contribution in [0.5, 0.6) is 0 Å². The van der Waals surface area contributed by atoms with Gasteiger partial charge in [-0.1, -0.05) is 24.6 Å². The number of amides is 1. The number of nitrogens with one attached hydrogen (secondary N) is 1. The van der Waals surface area contributed by atoms with E-state index in [1.807, 2.05) is 39.8 Å². The number of ether oxygens (including phenoxy) is 1. The van der Waals surface area contributed by atoms with E-state index in [1.165, 1.54) is 7.11 Å². The Kier molecular flexibility index (Phi) is 8.62. The van der Waals surface area contributed by atoms with Crippen LogP contribution in [0.2, 0.25) is 0 Å². The molecule has 0 aliphatic carbocycles. The molecule has 0 radical (unpaired) electrons. The molecule has 0 aromatic rings. The summed E-state index contributed by atoms with van der Waals surface area (Å²) in [5.41, 5.74) is 1.88. The first-order chi connectivity index (χ1) is 8.94. The van der Waals surface area contributed by atoms with E-state index in [1.54, 1.807) is 6.08 Å². The van der Waals surface area contributed by atoms with E-state index in [9.17, 15) is 4.79 Å². The standard InChI is InChI=1S/C15H25NO3/c1-6-7-14(19-5)15(18)16-13(4)9-11(2)8-12(3)10-17/h7-9,13,17H,6,10H2,1-5H3,(H,16,18)/b11-9+,12-8+,14-7-/t13-/m0/s1. The van der Waals surface area contributed by atoms with E-state index >= 15 is 0 Å². The lowest BCUT2D eigenvalue weighted by atomic mass is 10.1. The van der Waals surface area contributed by atoms with Gasteiger partial charge in [-0.3, -0.25) is 4.79 Å². The molecule has 1 amide bonds. The van der Waals surface area contributed by atoms with E-state index in [0.717, 1.165) is 17.6 Å². The van der Waals surface area contributed by atoms with Crippen molar-refractivity contribution >= 4 is 5.91 Å². The minimum atomic E-state index is -0.219. The van der Waals surface area contributed by atoms with Gasteiger partial charge in [0.1, 0.15) is 0 Å². The largest absolute Gasteiger partial charge is 0.491 e. The summed E-state index contributed by atoms with van der Waals surface area (Å²) in [6, 6.07) is -0.106. The zero-order valence-corrected chi connectivity index (χ0v) is 12.5. The summed E-state index contributed by atoms with van der Waals surface area (Å²) in [5.74, 6) is 0.117. The minimum absolute atomic E-state index is 0.0407. The molecule has 0 bridgehead atoms. The van der Waals surface area contributed by atoms with Crippen molar-refractivity contribution in [1.29, 1.82) is 0 Å². The van der Waals surface area contributed by atoms with Gasteiger partial charge >= 0.3 is 0 Å². The van der Waals surface area contributed by atoms with Gasteiger partial charge in [-0.2, -0.15) is 0 Å². The third-order valence-electron chi connectivity index (χ3n) is 2.43. The number of hydrogen-bond acceptors (Lipinski definition) is 3. The lowest BCUT2D eigenvalue weighted by Gasteiger charge is -2.12. The monoisotopic (exact) mass is 267 g/mol. The Morgan fingerprint density at radius 2 is 2.05 bits per heavy atom. The van der Waals surface area contributed by atoms with Crippen LogP contribution in [0.15, 0.2) is 35.1 Å². The minimum Gasteiger partial charge on any atom is -0.491 e. The summed E-state index contributed by atoms with van der Waals surface area (Å²) in [7, 11) is 1.49. The highest BCUT2D eigenvalue weighted by atomic mass is 16.5. The number of aliphatic hydroxyl groups is 1. The fourth-order valence-corrected chi connectivity index (χ4v) is 1.65. The van der Waals surface area contributed by atoms with Crippen LogP contribution in [0.25, 0.3) is 0 Å². The highest BCUT2D eigenvalue weighted by Gasteiger charge is 2.10. The second-order valence-electron chi connectivity index (χ2n) is 4.50. The Morgan fingerprint density at radius 3 is 2.53 bits per heavy atom. The average molecular weight is 267 g/mol. The van der Waals surface area contributed by atoms with E-state index in [4.69, 9.17) is 9.84 Å². The zero-order chi connectivity index (χ0) is 14.8.